The lowest BCUT2D eigenvalue weighted by molar-refractivity contribution is -0.121. The SMILES string of the molecule is COCCNC(=O)CN(C)S(=O)(=O)c1ccccc1. The molecular formula is C12H18N2O4S. The molecule has 7 heteroatoms. The lowest BCUT2D eigenvalue weighted by atomic mass is 10.4. The highest BCUT2D eigenvalue weighted by Gasteiger charge is 2.22. The molecule has 1 amide bonds. The van der Waals surface area contributed by atoms with Crippen molar-refractivity contribution in [3.05, 3.63) is 30.3 Å². The smallest absolute Gasteiger partial charge is 0.243 e. The third-order valence-electron chi connectivity index (χ3n) is 2.45. The molecule has 0 saturated carbocycles. The van der Waals surface area contributed by atoms with Gasteiger partial charge in [-0.1, -0.05) is 18.2 Å². The summed E-state index contributed by atoms with van der Waals surface area (Å²) in [5.41, 5.74) is 0. The minimum atomic E-state index is -3.62. The molecule has 0 aliphatic rings. The van der Waals surface area contributed by atoms with Crippen molar-refractivity contribution in [3.63, 3.8) is 0 Å². The monoisotopic (exact) mass is 286 g/mol. The summed E-state index contributed by atoms with van der Waals surface area (Å²) < 4.78 is 30.0. The Labute approximate surface area is 113 Å². The number of nitrogens with one attached hydrogen (secondary N) is 1. The molecule has 0 saturated heterocycles. The number of amides is 1. The first-order valence-corrected chi connectivity index (χ1v) is 7.19. The zero-order valence-corrected chi connectivity index (χ0v) is 11.8. The fourth-order valence-electron chi connectivity index (χ4n) is 1.41. The van der Waals surface area contributed by atoms with Gasteiger partial charge in [-0.3, -0.25) is 4.79 Å². The Morgan fingerprint density at radius 3 is 2.53 bits per heavy atom. The molecule has 0 unspecified atom stereocenters. The molecule has 106 valence electrons. The van der Waals surface area contributed by atoms with Crippen LogP contribution in [-0.2, 0) is 19.6 Å². The van der Waals surface area contributed by atoms with Crippen LogP contribution < -0.4 is 5.32 Å². The third kappa shape index (κ3) is 4.62. The molecule has 0 spiro atoms. The van der Waals surface area contributed by atoms with Crippen LogP contribution in [0.3, 0.4) is 0 Å². The number of likely N-dealkylation sites (N-methyl/N-ethyl adjacent to an activating group) is 1. The Balaban J connectivity index is 2.62. The highest BCUT2D eigenvalue weighted by Crippen LogP contribution is 2.12. The average Bonchev–Trinajstić information content (AvgIpc) is 2.40. The fourth-order valence-corrected chi connectivity index (χ4v) is 2.56. The van der Waals surface area contributed by atoms with Gasteiger partial charge in [0.1, 0.15) is 0 Å². The van der Waals surface area contributed by atoms with Gasteiger partial charge < -0.3 is 10.1 Å². The number of hydrogen-bond donors (Lipinski definition) is 1. The minimum absolute atomic E-state index is 0.169. The van der Waals surface area contributed by atoms with Gasteiger partial charge >= 0.3 is 0 Å². The molecule has 1 aromatic rings. The summed E-state index contributed by atoms with van der Waals surface area (Å²) in [5, 5.41) is 2.57. The number of benzene rings is 1. The second kappa shape index (κ2) is 7.22. The zero-order chi connectivity index (χ0) is 14.3. The molecule has 1 aromatic carbocycles. The van der Waals surface area contributed by atoms with E-state index < -0.39 is 10.0 Å². The number of carbonyl (C=O) groups is 1. The quantitative estimate of drug-likeness (QED) is 0.720. The molecule has 0 heterocycles. The van der Waals surface area contributed by atoms with E-state index >= 15 is 0 Å². The highest BCUT2D eigenvalue weighted by molar-refractivity contribution is 7.89. The lowest BCUT2D eigenvalue weighted by Gasteiger charge is -2.16. The van der Waals surface area contributed by atoms with Crippen LogP contribution in [0.4, 0.5) is 0 Å². The molecule has 6 nitrogen and oxygen atoms in total. The third-order valence-corrected chi connectivity index (χ3v) is 4.26. The van der Waals surface area contributed by atoms with Crippen molar-refractivity contribution < 1.29 is 17.9 Å². The van der Waals surface area contributed by atoms with E-state index in [0.717, 1.165) is 4.31 Å². The number of methoxy groups -OCH3 is 1. The van der Waals surface area contributed by atoms with Crippen molar-refractivity contribution in [2.24, 2.45) is 0 Å². The Morgan fingerprint density at radius 1 is 1.32 bits per heavy atom. The predicted molar refractivity (Wildman–Crippen MR) is 71.1 cm³/mol. The number of sulfonamides is 1. The molecule has 0 aromatic heterocycles. The van der Waals surface area contributed by atoms with Crippen LogP contribution in [0.5, 0.6) is 0 Å². The van der Waals surface area contributed by atoms with Crippen LogP contribution >= 0.6 is 0 Å². The molecule has 1 rings (SSSR count). The second-order valence-corrected chi connectivity index (χ2v) is 5.96. The van der Waals surface area contributed by atoms with Crippen LogP contribution in [0, 0.1) is 0 Å². The van der Waals surface area contributed by atoms with Gasteiger partial charge in [0, 0.05) is 20.7 Å². The minimum Gasteiger partial charge on any atom is -0.383 e. The van der Waals surface area contributed by atoms with E-state index in [1.165, 1.54) is 26.3 Å². The van der Waals surface area contributed by atoms with Gasteiger partial charge in [0.15, 0.2) is 0 Å². The van der Waals surface area contributed by atoms with Gasteiger partial charge in [0.2, 0.25) is 15.9 Å². The van der Waals surface area contributed by atoms with E-state index in [-0.39, 0.29) is 17.3 Å². The maximum Gasteiger partial charge on any atom is 0.243 e. The molecular weight excluding hydrogens is 268 g/mol. The van der Waals surface area contributed by atoms with Crippen molar-refractivity contribution in [2.45, 2.75) is 4.90 Å². The number of nitrogens with zero attached hydrogens (tertiary/aromatic N) is 1. The van der Waals surface area contributed by atoms with Crippen LogP contribution in [0.2, 0.25) is 0 Å². The summed E-state index contributed by atoms with van der Waals surface area (Å²) in [6, 6.07) is 8.00. The van der Waals surface area contributed by atoms with Crippen LogP contribution in [-0.4, -0.2) is 52.5 Å². The summed E-state index contributed by atoms with van der Waals surface area (Å²) >= 11 is 0. The fraction of sp³-hybridized carbons (Fsp3) is 0.417. The van der Waals surface area contributed by atoms with Gasteiger partial charge in [0.05, 0.1) is 18.0 Å². The van der Waals surface area contributed by atoms with E-state index in [0.29, 0.717) is 13.2 Å². The van der Waals surface area contributed by atoms with Crippen LogP contribution in [0.1, 0.15) is 0 Å². The van der Waals surface area contributed by atoms with E-state index in [4.69, 9.17) is 4.74 Å². The summed E-state index contributed by atoms with van der Waals surface area (Å²) in [6.45, 7) is 0.524. The highest BCUT2D eigenvalue weighted by atomic mass is 32.2. The normalized spacial score (nSPS) is 11.5. The molecule has 0 atom stereocenters. The Bertz CT molecular complexity index is 502. The summed E-state index contributed by atoms with van der Waals surface area (Å²) in [7, 11) is -0.724. The van der Waals surface area contributed by atoms with Gasteiger partial charge in [-0.15, -0.1) is 0 Å². The Morgan fingerprint density at radius 2 is 1.95 bits per heavy atom. The molecule has 0 radical (unpaired) electrons. The summed E-state index contributed by atoms with van der Waals surface area (Å²) in [4.78, 5) is 11.7. The molecule has 0 fully saturated rings. The Kier molecular flexibility index (Phi) is 5.94. The van der Waals surface area contributed by atoms with Crippen LogP contribution in [0.25, 0.3) is 0 Å². The lowest BCUT2D eigenvalue weighted by Crippen LogP contribution is -2.39. The average molecular weight is 286 g/mol. The second-order valence-electron chi connectivity index (χ2n) is 3.92. The number of rotatable bonds is 7. The van der Waals surface area contributed by atoms with Gasteiger partial charge in [-0.25, -0.2) is 8.42 Å². The van der Waals surface area contributed by atoms with Crippen molar-refractivity contribution in [3.8, 4) is 0 Å². The number of carbonyl (C=O) groups excluding carboxylic acids is 1. The van der Waals surface area contributed by atoms with Gasteiger partial charge in [0.25, 0.3) is 0 Å². The number of hydrogen-bond acceptors (Lipinski definition) is 4. The first-order valence-electron chi connectivity index (χ1n) is 5.75. The largest absolute Gasteiger partial charge is 0.383 e. The Hall–Kier alpha value is -1.44. The first-order chi connectivity index (χ1) is 8.98. The van der Waals surface area contributed by atoms with E-state index in [2.05, 4.69) is 5.32 Å². The van der Waals surface area contributed by atoms with Crippen molar-refractivity contribution in [2.75, 3.05) is 33.9 Å². The van der Waals surface area contributed by atoms with Crippen molar-refractivity contribution in [1.82, 2.24) is 9.62 Å². The van der Waals surface area contributed by atoms with Gasteiger partial charge in [-0.05, 0) is 12.1 Å². The molecule has 1 N–H and O–H groups in total. The van der Waals surface area contributed by atoms with Crippen molar-refractivity contribution >= 4 is 15.9 Å². The summed E-state index contributed by atoms with van der Waals surface area (Å²) in [5.74, 6) is -0.362. The maximum atomic E-state index is 12.1. The molecule has 19 heavy (non-hydrogen) atoms. The standard InChI is InChI=1S/C12H18N2O4S/c1-14(10-12(15)13-8-9-18-2)19(16,17)11-6-4-3-5-7-11/h3-7H,8-10H2,1-2H3,(H,13,15). The van der Waals surface area contributed by atoms with Gasteiger partial charge in [-0.2, -0.15) is 4.31 Å². The maximum absolute atomic E-state index is 12.1. The predicted octanol–water partition coefficient (Wildman–Crippen LogP) is 0.0697. The molecule has 0 aliphatic heterocycles. The van der Waals surface area contributed by atoms with E-state index in [9.17, 15) is 13.2 Å². The zero-order valence-electron chi connectivity index (χ0n) is 11.0. The van der Waals surface area contributed by atoms with E-state index in [1.54, 1.807) is 18.2 Å². The first kappa shape index (κ1) is 15.6. The van der Waals surface area contributed by atoms with Crippen molar-refractivity contribution in [1.29, 1.82) is 0 Å². The summed E-state index contributed by atoms with van der Waals surface area (Å²) in [6.07, 6.45) is 0. The molecule has 0 aliphatic carbocycles. The number of ether oxygens (including phenoxy) is 1. The molecule has 0 bridgehead atoms. The van der Waals surface area contributed by atoms with Crippen LogP contribution in [0.15, 0.2) is 35.2 Å². The van der Waals surface area contributed by atoms with E-state index in [1.807, 2.05) is 0 Å². The topological polar surface area (TPSA) is 75.7 Å².